The number of carboxylic acid groups (broad SMARTS) is 1. The topological polar surface area (TPSA) is 92.4 Å². The summed E-state index contributed by atoms with van der Waals surface area (Å²) in [4.78, 5) is 27.6. The maximum atomic E-state index is 12.1. The number of aliphatic carboxylic acids is 1. The number of carbonyl (C=O) groups excluding carboxylic acids is 1. The van der Waals surface area contributed by atoms with Crippen LogP contribution in [0.3, 0.4) is 0 Å². The molecule has 0 bridgehead atoms. The number of rotatable bonds is 6. The zero-order chi connectivity index (χ0) is 16.4. The van der Waals surface area contributed by atoms with Crippen LogP contribution in [0.1, 0.15) is 24.3 Å². The van der Waals surface area contributed by atoms with Crippen molar-refractivity contribution >= 4 is 11.9 Å². The van der Waals surface area contributed by atoms with Gasteiger partial charge in [0, 0.05) is 5.56 Å². The van der Waals surface area contributed by atoms with E-state index in [-0.39, 0.29) is 18.2 Å². The van der Waals surface area contributed by atoms with Crippen molar-refractivity contribution in [3.63, 3.8) is 0 Å². The zero-order valence-electron chi connectivity index (χ0n) is 12.8. The van der Waals surface area contributed by atoms with Crippen molar-refractivity contribution < 1.29 is 19.1 Å². The van der Waals surface area contributed by atoms with Crippen LogP contribution in [0.4, 0.5) is 0 Å². The summed E-state index contributed by atoms with van der Waals surface area (Å²) in [5.41, 5.74) is 1.37. The molecule has 1 aliphatic rings. The molecule has 0 radical (unpaired) electrons. The Bertz CT molecular complexity index is 719. The first kappa shape index (κ1) is 15.3. The van der Waals surface area contributed by atoms with E-state index in [1.807, 2.05) is 30.3 Å². The number of aryl methyl sites for hydroxylation is 1. The van der Waals surface area contributed by atoms with Gasteiger partial charge in [0.15, 0.2) is 0 Å². The zero-order valence-corrected chi connectivity index (χ0v) is 12.8. The van der Waals surface area contributed by atoms with Gasteiger partial charge in [-0.1, -0.05) is 18.2 Å². The molecule has 6 nitrogen and oxygen atoms in total. The van der Waals surface area contributed by atoms with Gasteiger partial charge >= 0.3 is 5.97 Å². The molecule has 1 heterocycles. The van der Waals surface area contributed by atoms with Gasteiger partial charge in [-0.3, -0.25) is 4.79 Å². The first-order valence-corrected chi connectivity index (χ1v) is 7.58. The molecule has 6 heteroatoms. The summed E-state index contributed by atoms with van der Waals surface area (Å²) in [5, 5.41) is 11.7. The molecule has 1 fully saturated rings. The molecule has 1 aliphatic carbocycles. The highest BCUT2D eigenvalue weighted by Gasteiger charge is 2.37. The summed E-state index contributed by atoms with van der Waals surface area (Å²) in [6.45, 7) is 1.75. The van der Waals surface area contributed by atoms with Crippen LogP contribution >= 0.6 is 0 Å². The second kappa shape index (κ2) is 6.24. The van der Waals surface area contributed by atoms with Gasteiger partial charge in [0.25, 0.3) is 0 Å². The van der Waals surface area contributed by atoms with Crippen LogP contribution in [0.15, 0.2) is 34.7 Å². The van der Waals surface area contributed by atoms with Crippen molar-refractivity contribution in [2.24, 2.45) is 5.92 Å². The highest BCUT2D eigenvalue weighted by Crippen LogP contribution is 2.32. The van der Waals surface area contributed by atoms with Crippen LogP contribution in [0, 0.1) is 12.8 Å². The monoisotopic (exact) mass is 314 g/mol. The van der Waals surface area contributed by atoms with Crippen molar-refractivity contribution in [1.82, 2.24) is 10.3 Å². The van der Waals surface area contributed by atoms with E-state index in [9.17, 15) is 9.59 Å². The molecule has 1 aromatic heterocycles. The molecule has 23 heavy (non-hydrogen) atoms. The molecule has 1 amide bonds. The predicted octanol–water partition coefficient (Wildman–Crippen LogP) is 2.17. The molecule has 0 saturated heterocycles. The number of benzene rings is 1. The summed E-state index contributed by atoms with van der Waals surface area (Å²) in [6, 6.07) is 8.62. The molecule has 0 spiro atoms. The summed E-state index contributed by atoms with van der Waals surface area (Å²) in [7, 11) is 0. The van der Waals surface area contributed by atoms with Gasteiger partial charge in [-0.25, -0.2) is 9.78 Å². The van der Waals surface area contributed by atoms with Crippen LogP contribution in [-0.4, -0.2) is 28.0 Å². The summed E-state index contributed by atoms with van der Waals surface area (Å²) >= 11 is 0. The average Bonchev–Trinajstić information content (AvgIpc) is 3.30. The van der Waals surface area contributed by atoms with Gasteiger partial charge in [-0.2, -0.15) is 0 Å². The minimum atomic E-state index is -0.984. The van der Waals surface area contributed by atoms with E-state index in [4.69, 9.17) is 9.52 Å². The lowest BCUT2D eigenvalue weighted by Gasteiger charge is -2.12. The van der Waals surface area contributed by atoms with Crippen LogP contribution in [-0.2, 0) is 16.0 Å². The number of nitrogens with zero attached hydrogens (tertiary/aromatic N) is 1. The largest absolute Gasteiger partial charge is 0.480 e. The third-order valence-corrected chi connectivity index (χ3v) is 3.92. The lowest BCUT2D eigenvalue weighted by atomic mass is 10.1. The highest BCUT2D eigenvalue weighted by atomic mass is 16.4. The normalized spacial score (nSPS) is 15.2. The average molecular weight is 314 g/mol. The van der Waals surface area contributed by atoms with Gasteiger partial charge < -0.3 is 14.8 Å². The molecule has 2 aromatic rings. The molecule has 1 unspecified atom stereocenters. The van der Waals surface area contributed by atoms with Crippen molar-refractivity contribution in [1.29, 1.82) is 0 Å². The van der Waals surface area contributed by atoms with Crippen LogP contribution < -0.4 is 5.32 Å². The summed E-state index contributed by atoms with van der Waals surface area (Å²) in [5.74, 6) is -0.252. The Hall–Kier alpha value is -2.63. The first-order valence-electron chi connectivity index (χ1n) is 7.58. The van der Waals surface area contributed by atoms with Crippen molar-refractivity contribution in [3.8, 4) is 11.5 Å². The Morgan fingerprint density at radius 1 is 1.35 bits per heavy atom. The minimum absolute atomic E-state index is 0.0126. The van der Waals surface area contributed by atoms with Gasteiger partial charge in [0.1, 0.15) is 11.8 Å². The van der Waals surface area contributed by atoms with Gasteiger partial charge in [-0.15, -0.1) is 0 Å². The SMILES string of the molecule is Cc1oc(-c2ccccc2)nc1CC(=O)NC(C(=O)O)C1CC1. The van der Waals surface area contributed by atoms with Gasteiger partial charge in [-0.05, 0) is 37.8 Å². The quantitative estimate of drug-likeness (QED) is 0.852. The molecule has 1 saturated carbocycles. The smallest absolute Gasteiger partial charge is 0.326 e. The molecule has 120 valence electrons. The van der Waals surface area contributed by atoms with E-state index in [0.29, 0.717) is 17.3 Å². The van der Waals surface area contributed by atoms with E-state index in [0.717, 1.165) is 18.4 Å². The highest BCUT2D eigenvalue weighted by molar-refractivity contribution is 5.85. The van der Waals surface area contributed by atoms with E-state index >= 15 is 0 Å². The Morgan fingerprint density at radius 3 is 2.65 bits per heavy atom. The Morgan fingerprint density at radius 2 is 2.04 bits per heavy atom. The predicted molar refractivity (Wildman–Crippen MR) is 82.7 cm³/mol. The fraction of sp³-hybridized carbons (Fsp3) is 0.353. The Kier molecular flexibility index (Phi) is 4.14. The van der Waals surface area contributed by atoms with Gasteiger partial charge in [0.2, 0.25) is 11.8 Å². The van der Waals surface area contributed by atoms with Crippen molar-refractivity contribution in [2.45, 2.75) is 32.2 Å². The Labute approximate surface area is 133 Å². The number of aromatic nitrogens is 1. The summed E-state index contributed by atoms with van der Waals surface area (Å²) in [6.07, 6.45) is 1.70. The fourth-order valence-electron chi connectivity index (χ4n) is 2.48. The molecule has 0 aliphatic heterocycles. The third kappa shape index (κ3) is 3.59. The number of carbonyl (C=O) groups is 2. The number of nitrogens with one attached hydrogen (secondary N) is 1. The maximum absolute atomic E-state index is 12.1. The lowest BCUT2D eigenvalue weighted by molar-refractivity contribution is -0.142. The first-order chi connectivity index (χ1) is 11.0. The number of oxazole rings is 1. The van der Waals surface area contributed by atoms with E-state index < -0.39 is 12.0 Å². The van der Waals surface area contributed by atoms with Crippen LogP contribution in [0.25, 0.3) is 11.5 Å². The maximum Gasteiger partial charge on any atom is 0.326 e. The standard InChI is InChI=1S/C17H18N2O4/c1-10-13(18-16(23-10)12-5-3-2-4-6-12)9-14(20)19-15(17(21)22)11-7-8-11/h2-6,11,15H,7-9H2,1H3,(H,19,20)(H,21,22). The minimum Gasteiger partial charge on any atom is -0.480 e. The molecule has 1 atom stereocenters. The number of hydrogen-bond donors (Lipinski definition) is 2. The molecular formula is C17H18N2O4. The number of hydrogen-bond acceptors (Lipinski definition) is 4. The van der Waals surface area contributed by atoms with E-state index in [1.165, 1.54) is 0 Å². The van der Waals surface area contributed by atoms with Crippen LogP contribution in [0.5, 0.6) is 0 Å². The van der Waals surface area contributed by atoms with Crippen LogP contribution in [0.2, 0.25) is 0 Å². The summed E-state index contributed by atoms with van der Waals surface area (Å²) < 4.78 is 5.61. The molecule has 2 N–H and O–H groups in total. The molecule has 1 aromatic carbocycles. The van der Waals surface area contributed by atoms with Crippen molar-refractivity contribution in [3.05, 3.63) is 41.8 Å². The number of amides is 1. The fourth-order valence-corrected chi connectivity index (χ4v) is 2.48. The molecule has 3 rings (SSSR count). The van der Waals surface area contributed by atoms with E-state index in [2.05, 4.69) is 10.3 Å². The second-order valence-electron chi connectivity index (χ2n) is 5.79. The number of carboxylic acids is 1. The van der Waals surface area contributed by atoms with Crippen molar-refractivity contribution in [2.75, 3.05) is 0 Å². The Balaban J connectivity index is 1.69. The second-order valence-corrected chi connectivity index (χ2v) is 5.79. The third-order valence-electron chi connectivity index (χ3n) is 3.92. The van der Waals surface area contributed by atoms with Gasteiger partial charge in [0.05, 0.1) is 12.1 Å². The lowest BCUT2D eigenvalue weighted by Crippen LogP contribution is -2.43. The van der Waals surface area contributed by atoms with E-state index in [1.54, 1.807) is 6.92 Å². The molecular weight excluding hydrogens is 296 g/mol.